The van der Waals surface area contributed by atoms with Crippen LogP contribution in [-0.2, 0) is 0 Å². The normalized spacial score (nSPS) is 18.5. The molecule has 1 atom stereocenters. The summed E-state index contributed by atoms with van der Waals surface area (Å²) in [4.78, 5) is 10.2. The highest BCUT2D eigenvalue weighted by Gasteiger charge is 2.30. The standard InChI is InChI=1S/C14H13ClN2O/c1-9-13-14(18-17(9)2)11(15)8-12(16-13)10-6-4-3-5-7-10/h3-9H,1-2H3. The second kappa shape index (κ2) is 4.26. The van der Waals surface area contributed by atoms with Crippen LogP contribution in [0.1, 0.15) is 18.7 Å². The molecule has 0 amide bonds. The van der Waals surface area contributed by atoms with E-state index in [0.29, 0.717) is 10.8 Å². The first-order valence-corrected chi connectivity index (χ1v) is 6.21. The van der Waals surface area contributed by atoms with Crippen LogP contribution in [0, 0.1) is 0 Å². The molecule has 1 aromatic carbocycles. The predicted octanol–water partition coefficient (Wildman–Crippen LogP) is 3.70. The van der Waals surface area contributed by atoms with Gasteiger partial charge in [0, 0.05) is 12.6 Å². The molecule has 1 aliphatic heterocycles. The summed E-state index contributed by atoms with van der Waals surface area (Å²) in [5, 5.41) is 2.37. The van der Waals surface area contributed by atoms with Crippen LogP contribution in [0.15, 0.2) is 36.4 Å². The maximum Gasteiger partial charge on any atom is 0.189 e. The van der Waals surface area contributed by atoms with E-state index < -0.39 is 0 Å². The second-order valence-corrected chi connectivity index (χ2v) is 4.79. The van der Waals surface area contributed by atoms with Gasteiger partial charge in [-0.05, 0) is 13.0 Å². The monoisotopic (exact) mass is 260 g/mol. The van der Waals surface area contributed by atoms with Crippen LogP contribution in [0.25, 0.3) is 11.3 Å². The van der Waals surface area contributed by atoms with E-state index in [4.69, 9.17) is 16.4 Å². The molecule has 0 fully saturated rings. The number of halogens is 1. The fourth-order valence-electron chi connectivity index (χ4n) is 2.05. The summed E-state index contributed by atoms with van der Waals surface area (Å²) < 4.78 is 0. The highest BCUT2D eigenvalue weighted by molar-refractivity contribution is 6.32. The lowest BCUT2D eigenvalue weighted by Crippen LogP contribution is -2.18. The summed E-state index contributed by atoms with van der Waals surface area (Å²) in [6.07, 6.45) is 0. The van der Waals surface area contributed by atoms with Crippen LogP contribution in [0.2, 0.25) is 5.02 Å². The van der Waals surface area contributed by atoms with Gasteiger partial charge in [-0.3, -0.25) is 0 Å². The van der Waals surface area contributed by atoms with Crippen LogP contribution in [-0.4, -0.2) is 17.1 Å². The van der Waals surface area contributed by atoms with Gasteiger partial charge in [-0.1, -0.05) is 41.9 Å². The third kappa shape index (κ3) is 1.76. The van der Waals surface area contributed by atoms with Crippen molar-refractivity contribution in [1.29, 1.82) is 0 Å². The van der Waals surface area contributed by atoms with Crippen LogP contribution < -0.4 is 4.84 Å². The molecule has 18 heavy (non-hydrogen) atoms. The lowest BCUT2D eigenvalue weighted by Gasteiger charge is -2.11. The summed E-state index contributed by atoms with van der Waals surface area (Å²) >= 11 is 6.26. The Bertz CT molecular complexity index is 586. The molecule has 0 bridgehead atoms. The Morgan fingerprint density at radius 2 is 2.00 bits per heavy atom. The highest BCUT2D eigenvalue weighted by Crippen LogP contribution is 2.41. The van der Waals surface area contributed by atoms with Gasteiger partial charge in [0.05, 0.1) is 16.8 Å². The van der Waals surface area contributed by atoms with E-state index in [0.717, 1.165) is 17.0 Å². The zero-order valence-electron chi connectivity index (χ0n) is 10.2. The highest BCUT2D eigenvalue weighted by atomic mass is 35.5. The number of nitrogens with zero attached hydrogens (tertiary/aromatic N) is 2. The van der Waals surface area contributed by atoms with Gasteiger partial charge in [0.25, 0.3) is 0 Å². The number of aromatic nitrogens is 1. The Morgan fingerprint density at radius 1 is 1.28 bits per heavy atom. The van der Waals surface area contributed by atoms with Crippen molar-refractivity contribution in [3.05, 3.63) is 47.1 Å². The molecule has 2 aromatic rings. The molecule has 0 radical (unpaired) electrons. The van der Waals surface area contributed by atoms with Gasteiger partial charge < -0.3 is 4.84 Å². The number of pyridine rings is 1. The molecule has 4 heteroatoms. The molecule has 0 spiro atoms. The fourth-order valence-corrected chi connectivity index (χ4v) is 2.28. The number of benzene rings is 1. The van der Waals surface area contributed by atoms with Crippen molar-refractivity contribution >= 4 is 11.6 Å². The van der Waals surface area contributed by atoms with Gasteiger partial charge in [0.2, 0.25) is 0 Å². The van der Waals surface area contributed by atoms with Crippen molar-refractivity contribution < 1.29 is 4.84 Å². The van der Waals surface area contributed by atoms with E-state index in [1.54, 1.807) is 5.06 Å². The minimum atomic E-state index is 0.112. The van der Waals surface area contributed by atoms with Gasteiger partial charge in [0.15, 0.2) is 5.75 Å². The SMILES string of the molecule is CC1c2nc(-c3ccccc3)cc(Cl)c2ON1C. The lowest BCUT2D eigenvalue weighted by molar-refractivity contribution is -0.0382. The van der Waals surface area contributed by atoms with Crippen molar-refractivity contribution in [1.82, 2.24) is 10.0 Å². The molecule has 1 aromatic heterocycles. The number of rotatable bonds is 1. The number of hydrogen-bond acceptors (Lipinski definition) is 3. The maximum absolute atomic E-state index is 6.26. The van der Waals surface area contributed by atoms with Crippen molar-refractivity contribution in [2.75, 3.05) is 7.05 Å². The smallest absolute Gasteiger partial charge is 0.189 e. The lowest BCUT2D eigenvalue weighted by atomic mass is 10.1. The van der Waals surface area contributed by atoms with Gasteiger partial charge in [-0.2, -0.15) is 0 Å². The molecule has 2 heterocycles. The van der Waals surface area contributed by atoms with Gasteiger partial charge >= 0.3 is 0 Å². The minimum Gasteiger partial charge on any atom is -0.402 e. The molecule has 0 N–H and O–H groups in total. The summed E-state index contributed by atoms with van der Waals surface area (Å²) in [6, 6.07) is 12.0. The summed E-state index contributed by atoms with van der Waals surface area (Å²) in [5.41, 5.74) is 2.83. The van der Waals surface area contributed by atoms with Crippen LogP contribution >= 0.6 is 11.6 Å². The number of hydrogen-bond donors (Lipinski definition) is 0. The Hall–Kier alpha value is -1.58. The van der Waals surface area contributed by atoms with Gasteiger partial charge in [-0.15, -0.1) is 5.06 Å². The molecule has 0 aliphatic carbocycles. The molecule has 3 rings (SSSR count). The molecule has 3 nitrogen and oxygen atoms in total. The van der Waals surface area contributed by atoms with E-state index in [1.807, 2.05) is 50.4 Å². The van der Waals surface area contributed by atoms with Crippen LogP contribution in [0.5, 0.6) is 5.75 Å². The molecule has 92 valence electrons. The van der Waals surface area contributed by atoms with E-state index in [9.17, 15) is 0 Å². The topological polar surface area (TPSA) is 25.4 Å². The Morgan fingerprint density at radius 3 is 2.72 bits per heavy atom. The fraction of sp³-hybridized carbons (Fsp3) is 0.214. The minimum absolute atomic E-state index is 0.112. The predicted molar refractivity (Wildman–Crippen MR) is 71.5 cm³/mol. The maximum atomic E-state index is 6.26. The van der Waals surface area contributed by atoms with Crippen molar-refractivity contribution in [3.8, 4) is 17.0 Å². The first-order chi connectivity index (χ1) is 8.66. The van der Waals surface area contributed by atoms with Crippen molar-refractivity contribution in [3.63, 3.8) is 0 Å². The Labute approximate surface area is 111 Å². The van der Waals surface area contributed by atoms with Crippen molar-refractivity contribution in [2.45, 2.75) is 13.0 Å². The quantitative estimate of drug-likeness (QED) is 0.782. The second-order valence-electron chi connectivity index (χ2n) is 4.38. The average Bonchev–Trinajstić information content (AvgIpc) is 2.68. The van der Waals surface area contributed by atoms with Gasteiger partial charge in [-0.25, -0.2) is 4.98 Å². The Balaban J connectivity index is 2.13. The molecule has 0 saturated carbocycles. The molecular weight excluding hydrogens is 248 g/mol. The molecule has 1 unspecified atom stereocenters. The van der Waals surface area contributed by atoms with Crippen LogP contribution in [0.4, 0.5) is 0 Å². The summed E-state index contributed by atoms with van der Waals surface area (Å²) in [5.74, 6) is 0.673. The van der Waals surface area contributed by atoms with E-state index in [2.05, 4.69) is 4.98 Å². The van der Waals surface area contributed by atoms with E-state index >= 15 is 0 Å². The van der Waals surface area contributed by atoms with E-state index in [-0.39, 0.29) is 6.04 Å². The summed E-state index contributed by atoms with van der Waals surface area (Å²) in [6.45, 7) is 2.05. The van der Waals surface area contributed by atoms with Crippen LogP contribution in [0.3, 0.4) is 0 Å². The zero-order chi connectivity index (χ0) is 12.7. The largest absolute Gasteiger partial charge is 0.402 e. The number of fused-ring (bicyclic) bond motifs is 1. The first kappa shape index (κ1) is 11.5. The van der Waals surface area contributed by atoms with E-state index in [1.165, 1.54) is 0 Å². The molecule has 0 saturated heterocycles. The third-order valence-electron chi connectivity index (χ3n) is 3.20. The van der Waals surface area contributed by atoms with Crippen molar-refractivity contribution in [2.24, 2.45) is 0 Å². The molecular formula is C14H13ClN2O. The number of hydroxylamine groups is 2. The van der Waals surface area contributed by atoms with Gasteiger partial charge in [0.1, 0.15) is 5.69 Å². The first-order valence-electron chi connectivity index (χ1n) is 5.83. The summed E-state index contributed by atoms with van der Waals surface area (Å²) in [7, 11) is 1.88. The zero-order valence-corrected chi connectivity index (χ0v) is 11.0. The Kier molecular flexibility index (Phi) is 2.73. The third-order valence-corrected chi connectivity index (χ3v) is 3.48. The average molecular weight is 261 g/mol. The molecule has 1 aliphatic rings.